The number of hydrogen-bond acceptors (Lipinski definition) is 6. The lowest BCUT2D eigenvalue weighted by Gasteiger charge is -2.37. The number of nitrogens with zero attached hydrogens (tertiary/aromatic N) is 2. The van der Waals surface area contributed by atoms with Gasteiger partial charge in [0.05, 0.1) is 25.5 Å². The predicted octanol–water partition coefficient (Wildman–Crippen LogP) is 3.08. The highest BCUT2D eigenvalue weighted by Crippen LogP contribution is 2.31. The van der Waals surface area contributed by atoms with Gasteiger partial charge in [0.1, 0.15) is 5.69 Å². The second kappa shape index (κ2) is 6.66. The van der Waals surface area contributed by atoms with Gasteiger partial charge in [0.15, 0.2) is 17.1 Å². The Labute approximate surface area is 144 Å². The third-order valence-electron chi connectivity index (χ3n) is 4.50. The van der Waals surface area contributed by atoms with Crippen molar-refractivity contribution in [2.24, 2.45) is 0 Å². The Morgan fingerprint density at radius 1 is 1.33 bits per heavy atom. The molecule has 7 heteroatoms. The summed E-state index contributed by atoms with van der Waals surface area (Å²) < 4.78 is 16.7. The fourth-order valence-electron chi connectivity index (χ4n) is 3.33. The van der Waals surface area contributed by atoms with E-state index in [-0.39, 0.29) is 18.2 Å². The van der Waals surface area contributed by atoms with E-state index in [1.165, 1.54) is 11.3 Å². The first kappa shape index (κ1) is 15.8. The van der Waals surface area contributed by atoms with Crippen LogP contribution < -0.4 is 0 Å². The van der Waals surface area contributed by atoms with Crippen LogP contribution in [-0.2, 0) is 9.47 Å². The minimum Gasteiger partial charge on any atom is -0.462 e. The number of amides is 1. The van der Waals surface area contributed by atoms with E-state index in [0.29, 0.717) is 24.7 Å². The van der Waals surface area contributed by atoms with Crippen LogP contribution in [0.15, 0.2) is 22.8 Å². The maximum Gasteiger partial charge on any atom is 0.274 e. The zero-order valence-corrected chi connectivity index (χ0v) is 14.4. The monoisotopic (exact) mass is 348 g/mol. The number of piperidine rings is 1. The largest absolute Gasteiger partial charge is 0.462 e. The number of carbonyl (C=O) groups excluding carboxylic acids is 1. The van der Waals surface area contributed by atoms with Crippen molar-refractivity contribution >= 4 is 17.2 Å². The highest BCUT2D eigenvalue weighted by atomic mass is 32.1. The lowest BCUT2D eigenvalue weighted by molar-refractivity contribution is -0.100. The molecule has 1 atom stereocenters. The van der Waals surface area contributed by atoms with Crippen LogP contribution in [0, 0.1) is 6.92 Å². The molecule has 0 saturated carbocycles. The number of hydrogen-bond donors (Lipinski definition) is 0. The molecule has 2 saturated heterocycles. The Kier molecular flexibility index (Phi) is 4.39. The molecule has 2 aliphatic rings. The first-order valence-corrected chi connectivity index (χ1v) is 9.11. The third-order valence-corrected chi connectivity index (χ3v) is 5.49. The molecule has 1 unspecified atom stereocenters. The van der Waals surface area contributed by atoms with Crippen molar-refractivity contribution < 1.29 is 18.7 Å². The van der Waals surface area contributed by atoms with Gasteiger partial charge in [0.25, 0.3) is 5.91 Å². The van der Waals surface area contributed by atoms with Crippen molar-refractivity contribution in [2.75, 3.05) is 19.8 Å². The minimum absolute atomic E-state index is 0.0260. The Morgan fingerprint density at radius 2 is 2.17 bits per heavy atom. The summed E-state index contributed by atoms with van der Waals surface area (Å²) in [6.07, 6.45) is 4.31. The lowest BCUT2D eigenvalue weighted by atomic mass is 10.0. The van der Waals surface area contributed by atoms with Gasteiger partial charge in [-0.1, -0.05) is 0 Å². The third kappa shape index (κ3) is 2.87. The summed E-state index contributed by atoms with van der Waals surface area (Å²) in [7, 11) is 0. The Balaban J connectivity index is 1.59. The molecule has 2 aliphatic heterocycles. The van der Waals surface area contributed by atoms with E-state index in [1.807, 2.05) is 24.0 Å². The van der Waals surface area contributed by atoms with E-state index in [9.17, 15) is 4.79 Å². The summed E-state index contributed by atoms with van der Waals surface area (Å²) >= 11 is 1.48. The van der Waals surface area contributed by atoms with Crippen molar-refractivity contribution in [1.29, 1.82) is 0 Å². The molecule has 0 aromatic carbocycles. The van der Waals surface area contributed by atoms with E-state index in [1.54, 1.807) is 6.26 Å². The van der Waals surface area contributed by atoms with Crippen LogP contribution in [0.4, 0.5) is 0 Å². The first-order chi connectivity index (χ1) is 11.7. The molecule has 0 radical (unpaired) electrons. The van der Waals surface area contributed by atoms with Crippen molar-refractivity contribution in [3.63, 3.8) is 0 Å². The van der Waals surface area contributed by atoms with Crippen molar-refractivity contribution in [3.8, 4) is 10.8 Å². The standard InChI is InChI=1S/C17H20N2O4S/c1-11-14(18-15(24-11)13-6-4-8-21-13)16(20)19-7-3-2-5-12(19)17-22-9-10-23-17/h4,6,8,12,17H,2-3,5,7,9-10H2,1H3. The molecule has 0 bridgehead atoms. The average Bonchev–Trinajstić information content (AvgIpc) is 3.35. The van der Waals surface area contributed by atoms with Crippen LogP contribution in [0.1, 0.15) is 34.6 Å². The molecule has 0 spiro atoms. The maximum atomic E-state index is 13.1. The normalized spacial score (nSPS) is 22.2. The summed E-state index contributed by atoms with van der Waals surface area (Å²) in [5, 5.41) is 0.739. The zero-order chi connectivity index (χ0) is 16.5. The van der Waals surface area contributed by atoms with Gasteiger partial charge in [-0.25, -0.2) is 4.98 Å². The van der Waals surface area contributed by atoms with Gasteiger partial charge in [-0.2, -0.15) is 0 Å². The molecule has 128 valence electrons. The van der Waals surface area contributed by atoms with Gasteiger partial charge in [0.2, 0.25) is 0 Å². The van der Waals surface area contributed by atoms with Crippen molar-refractivity contribution in [2.45, 2.75) is 38.5 Å². The number of aryl methyl sites for hydroxylation is 1. The second-order valence-corrected chi connectivity index (χ2v) is 7.28. The molecule has 24 heavy (non-hydrogen) atoms. The molecule has 2 fully saturated rings. The van der Waals surface area contributed by atoms with Crippen LogP contribution in [-0.4, -0.2) is 47.9 Å². The number of likely N-dealkylation sites (tertiary alicyclic amines) is 1. The molecule has 0 aliphatic carbocycles. The smallest absolute Gasteiger partial charge is 0.274 e. The Hall–Kier alpha value is -1.70. The fourth-order valence-corrected chi connectivity index (χ4v) is 4.20. The number of aromatic nitrogens is 1. The first-order valence-electron chi connectivity index (χ1n) is 8.29. The van der Waals surface area contributed by atoms with Crippen LogP contribution in [0.25, 0.3) is 10.8 Å². The van der Waals surface area contributed by atoms with Gasteiger partial charge in [0, 0.05) is 11.4 Å². The maximum absolute atomic E-state index is 13.1. The van der Waals surface area contributed by atoms with Crippen LogP contribution in [0.5, 0.6) is 0 Å². The lowest BCUT2D eigenvalue weighted by Crippen LogP contribution is -2.50. The van der Waals surface area contributed by atoms with Crippen molar-refractivity contribution in [1.82, 2.24) is 9.88 Å². The minimum atomic E-state index is -0.308. The number of furan rings is 1. The predicted molar refractivity (Wildman–Crippen MR) is 88.9 cm³/mol. The molecule has 2 aromatic rings. The zero-order valence-electron chi connectivity index (χ0n) is 13.6. The SMILES string of the molecule is Cc1sc(-c2ccco2)nc1C(=O)N1CCCCC1C1OCCO1. The van der Waals surface area contributed by atoms with E-state index < -0.39 is 0 Å². The molecule has 0 N–H and O–H groups in total. The summed E-state index contributed by atoms with van der Waals surface area (Å²) in [4.78, 5) is 20.4. The Bertz CT molecular complexity index is 706. The molecule has 4 rings (SSSR count). The van der Waals surface area contributed by atoms with Gasteiger partial charge in [-0.05, 0) is 38.3 Å². The second-order valence-electron chi connectivity index (χ2n) is 6.07. The molecular weight excluding hydrogens is 328 g/mol. The van der Waals surface area contributed by atoms with E-state index in [0.717, 1.165) is 35.7 Å². The van der Waals surface area contributed by atoms with E-state index >= 15 is 0 Å². The van der Waals surface area contributed by atoms with Crippen LogP contribution in [0.2, 0.25) is 0 Å². The van der Waals surface area contributed by atoms with Gasteiger partial charge >= 0.3 is 0 Å². The highest BCUT2D eigenvalue weighted by Gasteiger charge is 2.37. The molecule has 1 amide bonds. The van der Waals surface area contributed by atoms with Crippen LogP contribution in [0.3, 0.4) is 0 Å². The molecule has 2 aromatic heterocycles. The van der Waals surface area contributed by atoms with Gasteiger partial charge < -0.3 is 18.8 Å². The number of ether oxygens (including phenoxy) is 2. The number of thiazole rings is 1. The average molecular weight is 348 g/mol. The Morgan fingerprint density at radius 3 is 2.92 bits per heavy atom. The van der Waals surface area contributed by atoms with Crippen molar-refractivity contribution in [3.05, 3.63) is 29.0 Å². The quantitative estimate of drug-likeness (QED) is 0.853. The summed E-state index contributed by atoms with van der Waals surface area (Å²) in [5.74, 6) is 0.658. The number of rotatable bonds is 3. The molecule has 6 nitrogen and oxygen atoms in total. The summed E-state index contributed by atoms with van der Waals surface area (Å²) in [5.41, 5.74) is 0.510. The van der Waals surface area contributed by atoms with Gasteiger partial charge in [-0.15, -0.1) is 11.3 Å². The van der Waals surface area contributed by atoms with Crippen LogP contribution >= 0.6 is 11.3 Å². The van der Waals surface area contributed by atoms with E-state index in [4.69, 9.17) is 13.9 Å². The summed E-state index contributed by atoms with van der Waals surface area (Å²) in [6, 6.07) is 3.65. The topological polar surface area (TPSA) is 64.8 Å². The number of carbonyl (C=O) groups is 1. The summed E-state index contributed by atoms with van der Waals surface area (Å²) in [6.45, 7) is 3.85. The molecule has 4 heterocycles. The van der Waals surface area contributed by atoms with Gasteiger partial charge in [-0.3, -0.25) is 4.79 Å². The fraction of sp³-hybridized carbons (Fsp3) is 0.529. The van der Waals surface area contributed by atoms with E-state index in [2.05, 4.69) is 4.98 Å². The highest BCUT2D eigenvalue weighted by molar-refractivity contribution is 7.15. The molecular formula is C17H20N2O4S.